The average molecular weight is 547 g/mol. The van der Waals surface area contributed by atoms with Crippen LogP contribution in [0.3, 0.4) is 0 Å². The molecule has 0 saturated carbocycles. The van der Waals surface area contributed by atoms with Crippen molar-refractivity contribution in [1.29, 1.82) is 0 Å². The van der Waals surface area contributed by atoms with Crippen molar-refractivity contribution < 1.29 is 9.59 Å². The summed E-state index contributed by atoms with van der Waals surface area (Å²) in [6.07, 6.45) is 2.06. The monoisotopic (exact) mass is 545 g/mol. The number of benzene rings is 2. The average Bonchev–Trinajstić information content (AvgIpc) is 3.01. The molecule has 3 aromatic rings. The van der Waals surface area contributed by atoms with Gasteiger partial charge in [-0.1, -0.05) is 52.5 Å². The van der Waals surface area contributed by atoms with E-state index in [2.05, 4.69) is 15.6 Å². The van der Waals surface area contributed by atoms with Crippen LogP contribution in [-0.4, -0.2) is 28.8 Å². The number of aliphatic imine (C=N–C) groups is 1. The number of carbonyl (C=O) groups is 2. The zero-order valence-electron chi connectivity index (χ0n) is 17.7. The molecule has 35 heavy (non-hydrogen) atoms. The Kier molecular flexibility index (Phi) is 5.23. The SMILES string of the molecule is O=C1C2C(Cc3ccccn3)NC3=NC2(C(=O)N1c1cc(Cl)cc(Cl)c1)c1cc(Cl)cc(Cl)c1N3. The van der Waals surface area contributed by atoms with Crippen LogP contribution >= 0.6 is 46.4 Å². The molecule has 3 aliphatic rings. The van der Waals surface area contributed by atoms with Crippen LogP contribution in [0, 0.1) is 5.92 Å². The summed E-state index contributed by atoms with van der Waals surface area (Å²) in [6.45, 7) is 0. The van der Waals surface area contributed by atoms with Gasteiger partial charge >= 0.3 is 0 Å². The third-order valence-corrected chi connectivity index (χ3v) is 7.40. The van der Waals surface area contributed by atoms with Crippen molar-refractivity contribution >= 4 is 75.6 Å². The summed E-state index contributed by atoms with van der Waals surface area (Å²) in [5, 5.41) is 7.67. The smallest absolute Gasteiger partial charge is 0.267 e. The van der Waals surface area contributed by atoms with Gasteiger partial charge in [0.05, 0.1) is 22.3 Å². The molecule has 2 bridgehead atoms. The van der Waals surface area contributed by atoms with Crippen LogP contribution < -0.4 is 15.5 Å². The van der Waals surface area contributed by atoms with Gasteiger partial charge in [0.25, 0.3) is 5.91 Å². The molecule has 2 aromatic carbocycles. The van der Waals surface area contributed by atoms with Crippen molar-refractivity contribution in [2.24, 2.45) is 10.9 Å². The number of nitrogens with one attached hydrogen (secondary N) is 2. The number of halogens is 4. The number of carbonyl (C=O) groups excluding carboxylic acids is 2. The minimum Gasteiger partial charge on any atom is -0.352 e. The van der Waals surface area contributed by atoms with Gasteiger partial charge in [-0.25, -0.2) is 9.89 Å². The topological polar surface area (TPSA) is 86.7 Å². The molecule has 7 nitrogen and oxygen atoms in total. The van der Waals surface area contributed by atoms with Crippen LogP contribution in [0.2, 0.25) is 20.1 Å². The van der Waals surface area contributed by atoms with Crippen LogP contribution in [0.15, 0.2) is 59.7 Å². The number of guanidine groups is 1. The summed E-state index contributed by atoms with van der Waals surface area (Å²) in [6, 6.07) is 12.8. The third-order valence-electron chi connectivity index (χ3n) is 6.45. The molecular weight excluding hydrogens is 532 g/mol. The van der Waals surface area contributed by atoms with Crippen molar-refractivity contribution in [1.82, 2.24) is 10.3 Å². The third kappa shape index (κ3) is 3.41. The van der Waals surface area contributed by atoms with Gasteiger partial charge in [-0.05, 0) is 42.5 Å². The molecule has 2 N–H and O–H groups in total. The van der Waals surface area contributed by atoms with E-state index in [1.54, 1.807) is 18.3 Å². The number of aromatic nitrogens is 1. The first-order valence-corrected chi connectivity index (χ1v) is 12.2. The number of rotatable bonds is 3. The lowest BCUT2D eigenvalue weighted by molar-refractivity contribution is -0.123. The van der Waals surface area contributed by atoms with Crippen molar-refractivity contribution in [2.75, 3.05) is 10.2 Å². The van der Waals surface area contributed by atoms with Crippen LogP contribution in [0.4, 0.5) is 11.4 Å². The van der Waals surface area contributed by atoms with Crippen molar-refractivity contribution in [3.8, 4) is 0 Å². The second kappa shape index (κ2) is 8.10. The van der Waals surface area contributed by atoms with Gasteiger partial charge in [-0.2, -0.15) is 0 Å². The van der Waals surface area contributed by atoms with E-state index in [-0.39, 0.29) is 5.69 Å². The lowest BCUT2D eigenvalue weighted by Gasteiger charge is -2.43. The summed E-state index contributed by atoms with van der Waals surface area (Å²) in [4.78, 5) is 38.5. The Labute approximate surface area is 220 Å². The van der Waals surface area contributed by atoms with E-state index in [9.17, 15) is 9.59 Å². The van der Waals surface area contributed by atoms with Crippen molar-refractivity contribution in [2.45, 2.75) is 18.0 Å². The summed E-state index contributed by atoms with van der Waals surface area (Å²) in [7, 11) is 0. The summed E-state index contributed by atoms with van der Waals surface area (Å²) in [5.74, 6) is -1.54. The fourth-order valence-corrected chi connectivity index (χ4v) is 6.18. The maximum absolute atomic E-state index is 14.2. The molecule has 176 valence electrons. The number of imide groups is 1. The van der Waals surface area contributed by atoms with Gasteiger partial charge in [0.2, 0.25) is 5.91 Å². The number of pyridine rings is 1. The van der Waals surface area contributed by atoms with E-state index in [0.717, 1.165) is 10.6 Å². The number of hydrogen-bond acceptors (Lipinski definition) is 6. The van der Waals surface area contributed by atoms with Gasteiger partial charge in [0.1, 0.15) is 0 Å². The fraction of sp³-hybridized carbons (Fsp3) is 0.167. The second-order valence-electron chi connectivity index (χ2n) is 8.52. The van der Waals surface area contributed by atoms with E-state index in [1.807, 2.05) is 18.2 Å². The summed E-state index contributed by atoms with van der Waals surface area (Å²) < 4.78 is 0. The molecule has 4 heterocycles. The zero-order chi connectivity index (χ0) is 24.5. The molecule has 0 aliphatic carbocycles. The van der Waals surface area contributed by atoms with E-state index < -0.39 is 29.3 Å². The Balaban J connectivity index is 1.57. The normalized spacial score (nSPS) is 24.3. The van der Waals surface area contributed by atoms with E-state index in [0.29, 0.717) is 43.7 Å². The maximum atomic E-state index is 14.2. The molecule has 0 radical (unpaired) electrons. The Morgan fingerprint density at radius 1 is 0.971 bits per heavy atom. The van der Waals surface area contributed by atoms with Gasteiger partial charge < -0.3 is 10.6 Å². The Hall–Kier alpha value is -2.84. The fourth-order valence-electron chi connectivity index (χ4n) is 5.12. The Morgan fingerprint density at radius 3 is 2.43 bits per heavy atom. The lowest BCUT2D eigenvalue weighted by Crippen LogP contribution is -2.60. The molecular formula is C24H15Cl4N5O2. The van der Waals surface area contributed by atoms with Crippen LogP contribution in [0.5, 0.6) is 0 Å². The standard InChI is InChI=1S/C24H15Cl4N5O2/c25-11-5-12(26)7-15(6-11)33-21(34)19-18(10-14-3-1-2-4-29-14)30-23-31-20-16(8-13(27)9-17(20)28)24(19,32-23)22(33)35/h1-9,18-19H,10H2,(H2,30,31,32). The maximum Gasteiger partial charge on any atom is 0.267 e. The first-order chi connectivity index (χ1) is 16.8. The van der Waals surface area contributed by atoms with Gasteiger partial charge in [-0.15, -0.1) is 0 Å². The van der Waals surface area contributed by atoms with E-state index in [1.165, 1.54) is 18.2 Å². The van der Waals surface area contributed by atoms with Crippen LogP contribution in [0.1, 0.15) is 11.3 Å². The molecule has 3 atom stereocenters. The highest BCUT2D eigenvalue weighted by Gasteiger charge is 2.67. The van der Waals surface area contributed by atoms with Gasteiger partial charge in [0, 0.05) is 45.0 Å². The largest absolute Gasteiger partial charge is 0.352 e. The second-order valence-corrected chi connectivity index (χ2v) is 10.2. The highest BCUT2D eigenvalue weighted by Crippen LogP contribution is 2.53. The van der Waals surface area contributed by atoms with Crippen molar-refractivity contribution in [3.05, 3.63) is 86.1 Å². The number of hydrogen-bond donors (Lipinski definition) is 2. The number of fused-ring (bicyclic) bond motifs is 1. The van der Waals surface area contributed by atoms with Gasteiger partial charge in [0.15, 0.2) is 11.5 Å². The Morgan fingerprint density at radius 2 is 1.71 bits per heavy atom. The Bertz CT molecular complexity index is 1430. The highest BCUT2D eigenvalue weighted by atomic mass is 35.5. The zero-order valence-corrected chi connectivity index (χ0v) is 20.8. The minimum absolute atomic E-state index is 0.266. The lowest BCUT2D eigenvalue weighted by atomic mass is 9.72. The van der Waals surface area contributed by atoms with Crippen LogP contribution in [0.25, 0.3) is 0 Å². The van der Waals surface area contributed by atoms with Crippen LogP contribution in [-0.2, 0) is 21.5 Å². The number of anilines is 2. The summed E-state index contributed by atoms with van der Waals surface area (Å²) in [5.41, 5.74) is 0.353. The molecule has 6 rings (SSSR count). The van der Waals surface area contributed by atoms with Gasteiger partial charge in [-0.3, -0.25) is 14.6 Å². The summed E-state index contributed by atoms with van der Waals surface area (Å²) >= 11 is 25.3. The predicted molar refractivity (Wildman–Crippen MR) is 137 cm³/mol. The molecule has 1 fully saturated rings. The van der Waals surface area contributed by atoms with E-state index in [4.69, 9.17) is 51.4 Å². The molecule has 11 heteroatoms. The first kappa shape index (κ1) is 22.6. The van der Waals surface area contributed by atoms with E-state index >= 15 is 0 Å². The number of amides is 2. The quantitative estimate of drug-likeness (QED) is 0.447. The number of nitrogens with zero attached hydrogens (tertiary/aromatic N) is 3. The molecule has 1 aromatic heterocycles. The molecule has 1 spiro atoms. The highest BCUT2D eigenvalue weighted by molar-refractivity contribution is 6.39. The molecule has 3 unspecified atom stereocenters. The molecule has 1 saturated heterocycles. The van der Waals surface area contributed by atoms with Crippen molar-refractivity contribution in [3.63, 3.8) is 0 Å². The molecule has 2 amide bonds. The minimum atomic E-state index is -1.58. The molecule has 3 aliphatic heterocycles. The predicted octanol–water partition coefficient (Wildman–Crippen LogP) is 5.08. The first-order valence-electron chi connectivity index (χ1n) is 10.7.